The molecule has 0 bridgehead atoms. The van der Waals surface area contributed by atoms with Crippen molar-refractivity contribution >= 4 is 22.1 Å². The predicted molar refractivity (Wildman–Crippen MR) is 70.0 cm³/mol. The fourth-order valence-corrected chi connectivity index (χ4v) is 2.53. The summed E-state index contributed by atoms with van der Waals surface area (Å²) in [6.45, 7) is 1.25. The summed E-state index contributed by atoms with van der Waals surface area (Å²) < 4.78 is 26.0. The quantitative estimate of drug-likeness (QED) is 0.658. The SMILES string of the molecule is C[C@@H](CO)NS(=O)(=O)c1ccc(/C=C/C(=O)O)cc1. The number of aliphatic hydroxyl groups is 1. The fourth-order valence-electron chi connectivity index (χ4n) is 1.30. The van der Waals surface area contributed by atoms with Crippen molar-refractivity contribution in [2.24, 2.45) is 0 Å². The van der Waals surface area contributed by atoms with E-state index in [0.29, 0.717) is 5.56 Å². The average Bonchev–Trinajstić information content (AvgIpc) is 2.36. The van der Waals surface area contributed by atoms with Crippen molar-refractivity contribution in [3.05, 3.63) is 35.9 Å². The van der Waals surface area contributed by atoms with E-state index in [1.165, 1.54) is 30.3 Å². The van der Waals surface area contributed by atoms with Crippen LogP contribution in [0.3, 0.4) is 0 Å². The Bertz CT molecular complexity index is 562. The Kier molecular flexibility index (Phi) is 5.22. The van der Waals surface area contributed by atoms with Gasteiger partial charge in [-0.05, 0) is 30.7 Å². The Morgan fingerprint density at radius 2 is 1.95 bits per heavy atom. The first-order valence-electron chi connectivity index (χ1n) is 5.49. The number of carbonyl (C=O) groups is 1. The van der Waals surface area contributed by atoms with Crippen molar-refractivity contribution in [1.29, 1.82) is 0 Å². The molecule has 6 nitrogen and oxygen atoms in total. The normalized spacial score (nSPS) is 13.6. The summed E-state index contributed by atoms with van der Waals surface area (Å²) in [5.74, 6) is -1.07. The molecule has 0 spiro atoms. The second kappa shape index (κ2) is 6.46. The highest BCUT2D eigenvalue weighted by molar-refractivity contribution is 7.89. The van der Waals surface area contributed by atoms with Gasteiger partial charge in [-0.15, -0.1) is 0 Å². The highest BCUT2D eigenvalue weighted by Crippen LogP contribution is 2.12. The molecule has 0 saturated heterocycles. The van der Waals surface area contributed by atoms with E-state index in [0.717, 1.165) is 6.08 Å². The molecule has 7 heteroatoms. The van der Waals surface area contributed by atoms with Gasteiger partial charge in [-0.1, -0.05) is 12.1 Å². The summed E-state index contributed by atoms with van der Waals surface area (Å²) in [5.41, 5.74) is 0.580. The second-order valence-corrected chi connectivity index (χ2v) is 5.66. The third kappa shape index (κ3) is 4.82. The van der Waals surface area contributed by atoms with Gasteiger partial charge >= 0.3 is 5.97 Å². The predicted octanol–water partition coefficient (Wildman–Crippen LogP) is 0.443. The second-order valence-electron chi connectivity index (χ2n) is 3.95. The van der Waals surface area contributed by atoms with Crippen LogP contribution >= 0.6 is 0 Å². The Morgan fingerprint density at radius 3 is 2.42 bits per heavy atom. The van der Waals surface area contributed by atoms with Crippen molar-refractivity contribution in [3.63, 3.8) is 0 Å². The first-order valence-corrected chi connectivity index (χ1v) is 6.98. The third-order valence-corrected chi connectivity index (χ3v) is 3.84. The summed E-state index contributed by atoms with van der Waals surface area (Å²) in [6, 6.07) is 5.16. The van der Waals surface area contributed by atoms with Crippen LogP contribution in [-0.2, 0) is 14.8 Å². The number of aliphatic carboxylic acids is 1. The summed E-state index contributed by atoms with van der Waals surface area (Å²) >= 11 is 0. The van der Waals surface area contributed by atoms with Crippen LogP contribution in [-0.4, -0.2) is 37.2 Å². The number of carboxylic acid groups (broad SMARTS) is 1. The van der Waals surface area contributed by atoms with E-state index in [9.17, 15) is 13.2 Å². The van der Waals surface area contributed by atoms with Gasteiger partial charge in [0.1, 0.15) is 0 Å². The lowest BCUT2D eigenvalue weighted by molar-refractivity contribution is -0.131. The molecule has 1 rings (SSSR count). The zero-order valence-electron chi connectivity index (χ0n) is 10.3. The first-order chi connectivity index (χ1) is 8.85. The lowest BCUT2D eigenvalue weighted by atomic mass is 10.2. The van der Waals surface area contributed by atoms with Crippen LogP contribution < -0.4 is 4.72 Å². The van der Waals surface area contributed by atoms with E-state index in [2.05, 4.69) is 4.72 Å². The van der Waals surface area contributed by atoms with Crippen LogP contribution in [0.5, 0.6) is 0 Å². The van der Waals surface area contributed by atoms with E-state index in [1.54, 1.807) is 6.92 Å². The van der Waals surface area contributed by atoms with Crippen LogP contribution in [0.15, 0.2) is 35.2 Å². The largest absolute Gasteiger partial charge is 0.478 e. The standard InChI is InChI=1S/C12H15NO5S/c1-9(8-14)13-19(17,18)11-5-2-10(3-6-11)4-7-12(15)16/h2-7,9,13-14H,8H2,1H3,(H,15,16)/b7-4+/t9-/m0/s1. The molecule has 0 saturated carbocycles. The van der Waals surface area contributed by atoms with Gasteiger partial charge in [0.15, 0.2) is 0 Å². The number of hydrogen-bond donors (Lipinski definition) is 3. The van der Waals surface area contributed by atoms with Gasteiger partial charge in [-0.25, -0.2) is 17.9 Å². The Morgan fingerprint density at radius 1 is 1.37 bits per heavy atom. The van der Waals surface area contributed by atoms with Gasteiger partial charge in [0, 0.05) is 12.1 Å². The minimum atomic E-state index is -3.67. The van der Waals surface area contributed by atoms with Crippen LogP contribution in [0.4, 0.5) is 0 Å². The molecule has 104 valence electrons. The molecule has 19 heavy (non-hydrogen) atoms. The molecule has 3 N–H and O–H groups in total. The van der Waals surface area contributed by atoms with Crippen molar-refractivity contribution in [1.82, 2.24) is 4.72 Å². The molecule has 0 radical (unpaired) electrons. The average molecular weight is 285 g/mol. The Hall–Kier alpha value is -1.70. The summed E-state index contributed by atoms with van der Waals surface area (Å²) in [5, 5.41) is 17.3. The van der Waals surface area contributed by atoms with Gasteiger partial charge in [0.05, 0.1) is 11.5 Å². The fraction of sp³-hybridized carbons (Fsp3) is 0.250. The smallest absolute Gasteiger partial charge is 0.328 e. The maximum absolute atomic E-state index is 11.8. The molecule has 0 unspecified atom stereocenters. The maximum atomic E-state index is 11.8. The van der Waals surface area contributed by atoms with Crippen LogP contribution in [0, 0.1) is 0 Å². The number of carboxylic acids is 1. The number of aliphatic hydroxyl groups excluding tert-OH is 1. The molecule has 1 aromatic carbocycles. The number of hydrogen-bond acceptors (Lipinski definition) is 4. The first kappa shape index (κ1) is 15.4. The molecule has 1 atom stereocenters. The van der Waals surface area contributed by atoms with Crippen molar-refractivity contribution in [2.45, 2.75) is 17.9 Å². The molecule has 1 aromatic rings. The Labute approximate surface area is 111 Å². The molecular formula is C12H15NO5S. The van der Waals surface area contributed by atoms with Crippen molar-refractivity contribution in [3.8, 4) is 0 Å². The highest BCUT2D eigenvalue weighted by atomic mass is 32.2. The lowest BCUT2D eigenvalue weighted by Crippen LogP contribution is -2.34. The number of rotatable bonds is 6. The van der Waals surface area contributed by atoms with Gasteiger partial charge in [0.25, 0.3) is 0 Å². The van der Waals surface area contributed by atoms with Crippen molar-refractivity contribution < 1.29 is 23.4 Å². The molecule has 0 fully saturated rings. The van der Waals surface area contributed by atoms with Gasteiger partial charge in [-0.2, -0.15) is 0 Å². The summed E-state index contributed by atoms with van der Waals surface area (Å²) in [6.07, 6.45) is 2.33. The summed E-state index contributed by atoms with van der Waals surface area (Å²) in [4.78, 5) is 10.4. The van der Waals surface area contributed by atoms with Crippen LogP contribution in [0.25, 0.3) is 6.08 Å². The van der Waals surface area contributed by atoms with Crippen molar-refractivity contribution in [2.75, 3.05) is 6.61 Å². The van der Waals surface area contributed by atoms with Gasteiger partial charge < -0.3 is 10.2 Å². The Balaban J connectivity index is 2.89. The van der Waals surface area contributed by atoms with E-state index in [4.69, 9.17) is 10.2 Å². The zero-order valence-corrected chi connectivity index (χ0v) is 11.1. The number of sulfonamides is 1. The topological polar surface area (TPSA) is 104 Å². The highest BCUT2D eigenvalue weighted by Gasteiger charge is 2.16. The number of benzene rings is 1. The number of nitrogens with one attached hydrogen (secondary N) is 1. The monoisotopic (exact) mass is 285 g/mol. The van der Waals surface area contributed by atoms with E-state index in [-0.39, 0.29) is 11.5 Å². The van der Waals surface area contributed by atoms with E-state index in [1.807, 2.05) is 0 Å². The molecule has 0 aliphatic rings. The molecule has 0 heterocycles. The molecular weight excluding hydrogens is 270 g/mol. The third-order valence-electron chi connectivity index (χ3n) is 2.24. The molecule has 0 aliphatic carbocycles. The summed E-state index contributed by atoms with van der Waals surface area (Å²) in [7, 11) is -3.67. The minimum Gasteiger partial charge on any atom is -0.478 e. The molecule has 0 aliphatic heterocycles. The van der Waals surface area contributed by atoms with Gasteiger partial charge in [0.2, 0.25) is 10.0 Å². The minimum absolute atomic E-state index is 0.0558. The van der Waals surface area contributed by atoms with Crippen LogP contribution in [0.1, 0.15) is 12.5 Å². The van der Waals surface area contributed by atoms with E-state index >= 15 is 0 Å². The lowest BCUT2D eigenvalue weighted by Gasteiger charge is -2.11. The van der Waals surface area contributed by atoms with E-state index < -0.39 is 22.0 Å². The zero-order chi connectivity index (χ0) is 14.5. The van der Waals surface area contributed by atoms with Crippen LogP contribution in [0.2, 0.25) is 0 Å². The molecule has 0 amide bonds. The van der Waals surface area contributed by atoms with Gasteiger partial charge in [-0.3, -0.25) is 0 Å². The molecule has 0 aromatic heterocycles. The maximum Gasteiger partial charge on any atom is 0.328 e.